The zero-order valence-corrected chi connectivity index (χ0v) is 18.5. The smallest absolute Gasteiger partial charge is 0.251 e. The Morgan fingerprint density at radius 1 is 1.12 bits per heavy atom. The van der Waals surface area contributed by atoms with E-state index in [0.717, 1.165) is 57.3 Å². The lowest BCUT2D eigenvalue weighted by Gasteiger charge is -2.32. The summed E-state index contributed by atoms with van der Waals surface area (Å²) in [5.41, 5.74) is 0. The average Bonchev–Trinajstić information content (AvgIpc) is 3.09. The maximum Gasteiger partial charge on any atom is 0.251 e. The second-order valence-corrected chi connectivity index (χ2v) is 7.52. The number of nitrogens with zero attached hydrogens (tertiary/aromatic N) is 2. The van der Waals surface area contributed by atoms with Crippen LogP contribution in [-0.2, 0) is 0 Å². The maximum atomic E-state index is 12.4. The van der Waals surface area contributed by atoms with Crippen molar-refractivity contribution in [1.29, 1.82) is 0 Å². The van der Waals surface area contributed by atoms with Crippen molar-refractivity contribution in [1.82, 2.24) is 15.5 Å². The highest BCUT2D eigenvalue weighted by molar-refractivity contribution is 14.0. The van der Waals surface area contributed by atoms with Gasteiger partial charge in [0.1, 0.15) is 0 Å². The number of nitrogens with one attached hydrogen (secondary N) is 2. The lowest BCUT2D eigenvalue weighted by Crippen LogP contribution is -2.49. The normalized spacial score (nSPS) is 20.4. The Labute approximate surface area is 175 Å². The van der Waals surface area contributed by atoms with Crippen LogP contribution in [-0.4, -0.2) is 56.1 Å². The summed E-state index contributed by atoms with van der Waals surface area (Å²) >= 11 is 0. The van der Waals surface area contributed by atoms with Gasteiger partial charge in [0.05, 0.1) is 6.54 Å². The summed E-state index contributed by atoms with van der Waals surface area (Å²) in [4.78, 5) is 6.56. The predicted molar refractivity (Wildman–Crippen MR) is 116 cm³/mol. The van der Waals surface area contributed by atoms with Gasteiger partial charge in [-0.05, 0) is 32.1 Å². The van der Waals surface area contributed by atoms with Crippen molar-refractivity contribution < 1.29 is 8.78 Å². The number of halogens is 3. The maximum absolute atomic E-state index is 12.4. The molecule has 1 heterocycles. The number of aliphatic imine (C=N–C) groups is 1. The van der Waals surface area contributed by atoms with Crippen molar-refractivity contribution in [3.05, 3.63) is 0 Å². The highest BCUT2D eigenvalue weighted by atomic mass is 127. The van der Waals surface area contributed by atoms with Crippen LogP contribution >= 0.6 is 24.0 Å². The summed E-state index contributed by atoms with van der Waals surface area (Å²) in [6.45, 7) is 5.17. The average molecular weight is 486 g/mol. The minimum absolute atomic E-state index is 0. The van der Waals surface area contributed by atoms with Gasteiger partial charge in [0, 0.05) is 32.2 Å². The molecule has 0 amide bonds. The summed E-state index contributed by atoms with van der Waals surface area (Å²) in [5.74, 6) is 1.85. The Bertz CT molecular complexity index is 382. The van der Waals surface area contributed by atoms with Gasteiger partial charge in [0.15, 0.2) is 5.96 Å². The van der Waals surface area contributed by atoms with E-state index in [1.54, 1.807) is 0 Å². The molecule has 0 spiro atoms. The molecule has 0 atom stereocenters. The van der Waals surface area contributed by atoms with Gasteiger partial charge in [-0.25, -0.2) is 8.78 Å². The van der Waals surface area contributed by atoms with Crippen LogP contribution in [0.5, 0.6) is 0 Å². The van der Waals surface area contributed by atoms with Crippen LogP contribution in [0.25, 0.3) is 0 Å². The van der Waals surface area contributed by atoms with E-state index in [1.807, 2.05) is 4.90 Å². The summed E-state index contributed by atoms with van der Waals surface area (Å²) in [7, 11) is 0. The Hall–Kier alpha value is -0.180. The van der Waals surface area contributed by atoms with Gasteiger partial charge in [0.25, 0.3) is 6.43 Å². The Balaban J connectivity index is 0.00000338. The van der Waals surface area contributed by atoms with E-state index in [0.29, 0.717) is 6.04 Å². The molecule has 2 aliphatic rings. The predicted octanol–water partition coefficient (Wildman–Crippen LogP) is 4.25. The molecule has 26 heavy (non-hydrogen) atoms. The molecule has 1 saturated heterocycles. The van der Waals surface area contributed by atoms with Crippen LogP contribution in [0.15, 0.2) is 4.99 Å². The molecule has 2 fully saturated rings. The second kappa shape index (κ2) is 13.9. The molecule has 2 N–H and O–H groups in total. The number of hydrogen-bond donors (Lipinski definition) is 2. The first kappa shape index (κ1) is 23.9. The summed E-state index contributed by atoms with van der Waals surface area (Å²) in [5, 5.41) is 6.80. The fourth-order valence-electron chi connectivity index (χ4n) is 4.00. The highest BCUT2D eigenvalue weighted by Gasteiger charge is 2.22. The first-order valence-corrected chi connectivity index (χ1v) is 10.2. The molecular formula is C19H37F2IN4. The Morgan fingerprint density at radius 3 is 2.42 bits per heavy atom. The largest absolute Gasteiger partial charge is 0.357 e. The van der Waals surface area contributed by atoms with Crippen molar-refractivity contribution in [2.45, 2.75) is 77.2 Å². The van der Waals surface area contributed by atoms with Crippen LogP contribution in [0.4, 0.5) is 8.78 Å². The van der Waals surface area contributed by atoms with E-state index in [4.69, 9.17) is 4.99 Å². The molecule has 1 saturated carbocycles. The molecule has 0 radical (unpaired) electrons. The minimum Gasteiger partial charge on any atom is -0.357 e. The van der Waals surface area contributed by atoms with Crippen molar-refractivity contribution in [2.24, 2.45) is 10.9 Å². The Kier molecular flexibility index (Phi) is 12.8. The number of unbranched alkanes of at least 4 members (excludes halogenated alkanes) is 1. The monoisotopic (exact) mass is 486 g/mol. The fraction of sp³-hybridized carbons (Fsp3) is 0.947. The van der Waals surface area contributed by atoms with E-state index in [-0.39, 0.29) is 30.5 Å². The van der Waals surface area contributed by atoms with Gasteiger partial charge < -0.3 is 10.6 Å². The van der Waals surface area contributed by atoms with Gasteiger partial charge in [0.2, 0.25) is 0 Å². The summed E-state index contributed by atoms with van der Waals surface area (Å²) in [6, 6.07) is 0.338. The zero-order valence-electron chi connectivity index (χ0n) is 16.2. The Morgan fingerprint density at radius 2 is 1.81 bits per heavy atom. The molecule has 0 aromatic rings. The topological polar surface area (TPSA) is 39.7 Å². The summed E-state index contributed by atoms with van der Waals surface area (Å²) in [6.07, 6.45) is 9.07. The number of likely N-dealkylation sites (tertiary alicyclic amines) is 1. The van der Waals surface area contributed by atoms with E-state index in [9.17, 15) is 8.78 Å². The van der Waals surface area contributed by atoms with Gasteiger partial charge >= 0.3 is 0 Å². The fourth-order valence-corrected chi connectivity index (χ4v) is 4.00. The number of piperidine rings is 1. The minimum atomic E-state index is -2.23. The van der Waals surface area contributed by atoms with Crippen molar-refractivity contribution in [3.63, 3.8) is 0 Å². The molecule has 154 valence electrons. The van der Waals surface area contributed by atoms with E-state index in [1.165, 1.54) is 38.5 Å². The standard InChI is InChI=1S/C19H36F2N4.HI/c1-2-22-19(23-12-6-5-9-16-7-3-4-8-16)24-17-10-13-25(14-11-17)15-18(20)21;/h16-18H,2-15H2,1H3,(H2,22,23,24);1H. The molecule has 0 unspecified atom stereocenters. The van der Waals surface area contributed by atoms with Crippen LogP contribution in [0.1, 0.15) is 64.7 Å². The van der Waals surface area contributed by atoms with E-state index < -0.39 is 6.43 Å². The van der Waals surface area contributed by atoms with Crippen molar-refractivity contribution in [2.75, 3.05) is 32.7 Å². The molecular weight excluding hydrogens is 449 g/mol. The van der Waals surface area contributed by atoms with Gasteiger partial charge in [-0.1, -0.05) is 38.5 Å². The molecule has 0 aromatic heterocycles. The quantitative estimate of drug-likeness (QED) is 0.222. The van der Waals surface area contributed by atoms with Crippen LogP contribution < -0.4 is 10.6 Å². The molecule has 2 rings (SSSR count). The lowest BCUT2D eigenvalue weighted by molar-refractivity contribution is 0.0744. The molecule has 1 aliphatic carbocycles. The molecule has 7 heteroatoms. The van der Waals surface area contributed by atoms with Crippen LogP contribution in [0.3, 0.4) is 0 Å². The third-order valence-corrected chi connectivity index (χ3v) is 5.43. The van der Waals surface area contributed by atoms with Crippen LogP contribution in [0.2, 0.25) is 0 Å². The number of rotatable bonds is 9. The summed E-state index contributed by atoms with van der Waals surface area (Å²) < 4.78 is 24.9. The van der Waals surface area contributed by atoms with Gasteiger partial charge in [-0.2, -0.15) is 0 Å². The second-order valence-electron chi connectivity index (χ2n) is 7.52. The van der Waals surface area contributed by atoms with Gasteiger partial charge in [-0.15, -0.1) is 24.0 Å². The molecule has 0 aromatic carbocycles. The van der Waals surface area contributed by atoms with Crippen molar-refractivity contribution >= 4 is 29.9 Å². The number of alkyl halides is 2. The van der Waals surface area contributed by atoms with Crippen molar-refractivity contribution in [3.8, 4) is 0 Å². The highest BCUT2D eigenvalue weighted by Crippen LogP contribution is 2.28. The lowest BCUT2D eigenvalue weighted by atomic mass is 10.0. The molecule has 1 aliphatic heterocycles. The third-order valence-electron chi connectivity index (χ3n) is 5.43. The SMILES string of the molecule is CCNC(=NCCCCC1CCCC1)NC1CCN(CC(F)F)CC1.I. The number of hydrogen-bond acceptors (Lipinski definition) is 2. The molecule has 0 bridgehead atoms. The first-order valence-electron chi connectivity index (χ1n) is 10.2. The molecule has 4 nitrogen and oxygen atoms in total. The number of guanidine groups is 1. The first-order chi connectivity index (χ1) is 12.2. The van der Waals surface area contributed by atoms with Crippen LogP contribution in [0, 0.1) is 5.92 Å². The third kappa shape index (κ3) is 9.67. The van der Waals surface area contributed by atoms with Gasteiger partial charge in [-0.3, -0.25) is 9.89 Å². The van der Waals surface area contributed by atoms with E-state index in [2.05, 4.69) is 17.6 Å². The van der Waals surface area contributed by atoms with E-state index >= 15 is 0 Å². The zero-order chi connectivity index (χ0) is 17.9.